The Balaban J connectivity index is -0.0000000800. The second kappa shape index (κ2) is 5.56. The van der Waals surface area contributed by atoms with Crippen molar-refractivity contribution in [3.63, 3.8) is 0 Å². The summed E-state index contributed by atoms with van der Waals surface area (Å²) in [6, 6.07) is 0. The number of rotatable bonds is 0. The molecule has 0 aliphatic carbocycles. The molecule has 0 rings (SSSR count). The van der Waals surface area contributed by atoms with E-state index in [1.165, 1.54) is 0 Å². The Hall–Kier alpha value is 1.43. The van der Waals surface area contributed by atoms with Gasteiger partial charge in [0.25, 0.3) is 0 Å². The van der Waals surface area contributed by atoms with Crippen molar-refractivity contribution in [1.82, 2.24) is 0 Å². The van der Waals surface area contributed by atoms with Crippen LogP contribution in [0.4, 0.5) is 0 Å². The van der Waals surface area contributed by atoms with E-state index in [0.717, 1.165) is 0 Å². The van der Waals surface area contributed by atoms with Crippen LogP contribution in [-0.2, 0) is 24.7 Å². The van der Waals surface area contributed by atoms with Gasteiger partial charge < -0.3 is 0 Å². The van der Waals surface area contributed by atoms with Crippen molar-refractivity contribution in [1.29, 1.82) is 0 Å². The zero-order valence-electron chi connectivity index (χ0n) is 2.92. The molecule has 0 atom stereocenters. The minimum atomic E-state index is -5.75. The Labute approximate surface area is 71.8 Å². The van der Waals surface area contributed by atoms with Gasteiger partial charge in [-0.05, 0) is 0 Å². The van der Waals surface area contributed by atoms with E-state index in [9.17, 15) is 0 Å². The largest absolute Gasteiger partial charge is 3.00 e. The van der Waals surface area contributed by atoms with Gasteiger partial charge in [-0.3, -0.25) is 0 Å². The van der Waals surface area contributed by atoms with Crippen LogP contribution in [0.15, 0.2) is 0 Å². The van der Waals surface area contributed by atoms with Crippen molar-refractivity contribution < 1.29 is 33.1 Å². The summed E-state index contributed by atoms with van der Waals surface area (Å²) >= 11 is -5.75. The molecule has 0 N–H and O–H groups in total. The molecule has 0 aromatic carbocycles. The minimum Gasteiger partial charge on any atom is 2.00 e. The molecule has 7 heavy (non-hydrogen) atoms. The predicted octanol–water partition coefficient (Wildman–Crippen LogP) is -3.38. The maximum Gasteiger partial charge on any atom is 3.00 e. The molecule has 1 radical (unpaired) electrons. The Morgan fingerprint density at radius 3 is 1.14 bits per heavy atom. The average molecular weight is 321 g/mol. The van der Waals surface area contributed by atoms with Gasteiger partial charge in [-0.25, -0.2) is 0 Å². The molecule has 0 saturated heterocycles. The van der Waals surface area contributed by atoms with Gasteiger partial charge in [0.2, 0.25) is 0 Å². The molecule has 0 spiro atoms. The van der Waals surface area contributed by atoms with Crippen LogP contribution in [0.5, 0.6) is 0 Å². The average Bonchev–Trinajstić information content (AvgIpc) is 0.722. The first-order valence-electron chi connectivity index (χ1n) is 0.667. The summed E-state index contributed by atoms with van der Waals surface area (Å²) in [5.41, 5.74) is 0. The normalized spacial score (nSPS) is 8.29. The van der Waals surface area contributed by atoms with Gasteiger partial charge in [0, 0.05) is 0 Å². The summed E-state index contributed by atoms with van der Waals surface area (Å²) in [4.78, 5) is 0. The van der Waals surface area contributed by atoms with E-state index in [2.05, 4.69) is 0 Å². The topological polar surface area (TPSA) is 80.3 Å². The van der Waals surface area contributed by atoms with Crippen LogP contribution in [0, 0.1) is 0 Å². The van der Waals surface area contributed by atoms with Gasteiger partial charge in [-0.2, -0.15) is 0 Å². The van der Waals surface area contributed by atoms with Crippen LogP contribution >= 0.6 is 0 Å². The third-order valence-electron chi connectivity index (χ3n) is 0. The molecule has 7 heteroatoms. The fourth-order valence-electron chi connectivity index (χ4n) is 0. The number of hydrogen-bond acceptors (Lipinski definition) is 4. The van der Waals surface area contributed by atoms with Crippen molar-refractivity contribution in [2.24, 2.45) is 0 Å². The molecule has 0 saturated carbocycles. The fourth-order valence-corrected chi connectivity index (χ4v) is 0. The van der Waals surface area contributed by atoms with E-state index in [0.29, 0.717) is 0 Å². The zero-order chi connectivity index (χ0) is 4.50. The van der Waals surface area contributed by atoms with Gasteiger partial charge in [0.15, 0.2) is 0 Å². The van der Waals surface area contributed by atoms with Crippen molar-refractivity contribution >= 4 is 39.2 Å². The molecule has 0 amide bonds. The third-order valence-corrected chi connectivity index (χ3v) is 0. The van der Waals surface area contributed by atoms with Crippen LogP contribution < -0.4 is 8.38 Å². The van der Waals surface area contributed by atoms with Gasteiger partial charge >= 0.3 is 72.3 Å². The van der Waals surface area contributed by atoms with Crippen molar-refractivity contribution in [2.45, 2.75) is 0 Å². The first-order valence-corrected chi connectivity index (χ1v) is 3.46. The van der Waals surface area contributed by atoms with Crippen LogP contribution in [-0.4, -0.2) is 39.2 Å². The van der Waals surface area contributed by atoms with Gasteiger partial charge in [0.1, 0.15) is 0 Å². The minimum absolute atomic E-state index is 0. The zero-order valence-corrected chi connectivity index (χ0v) is 8.87. The molecule has 0 aromatic rings. The maximum atomic E-state index is 8.59. The molecule has 0 unspecified atom stereocenters. The first-order chi connectivity index (χ1) is 2.00. The van der Waals surface area contributed by atoms with E-state index < -0.39 is 13.4 Å². The molecule has 0 fully saturated rings. The van der Waals surface area contributed by atoms with Gasteiger partial charge in [-0.1, -0.05) is 0 Å². The van der Waals surface area contributed by atoms with E-state index in [4.69, 9.17) is 16.0 Å². The summed E-state index contributed by atoms with van der Waals surface area (Å²) in [7, 11) is 0. The summed E-state index contributed by atoms with van der Waals surface area (Å²) in [5, 5.41) is 0. The predicted molar refractivity (Wildman–Crippen MR) is 12.9 cm³/mol. The molecular formula is CuInO4Se+3. The van der Waals surface area contributed by atoms with Crippen LogP contribution in [0.25, 0.3) is 0 Å². The number of hydrogen-bond donors (Lipinski definition) is 0. The van der Waals surface area contributed by atoms with Gasteiger partial charge in [-0.15, -0.1) is 0 Å². The SMILES string of the molecule is O=[Se](=O)([O-])[O-].[Cu+2].[In+3]. The van der Waals surface area contributed by atoms with E-state index in [-0.39, 0.29) is 42.9 Å². The smallest absolute Gasteiger partial charge is 2.00 e. The summed E-state index contributed by atoms with van der Waals surface area (Å²) < 4.78 is 34.4. The first kappa shape index (κ1) is 15.8. The second-order valence-electron chi connectivity index (χ2n) is 0.408. The molecule has 0 aromatic heterocycles. The molecular weight excluding hydrogens is 321 g/mol. The Morgan fingerprint density at radius 1 is 1.14 bits per heavy atom. The maximum absolute atomic E-state index is 8.59. The fraction of sp³-hybridized carbons (Fsp3) is 0. The van der Waals surface area contributed by atoms with E-state index in [1.807, 2.05) is 0 Å². The Bertz CT molecular complexity index is 94.9. The molecule has 41 valence electrons. The van der Waals surface area contributed by atoms with Crippen LogP contribution in [0.3, 0.4) is 0 Å². The van der Waals surface area contributed by atoms with Crippen molar-refractivity contribution in [3.8, 4) is 0 Å². The summed E-state index contributed by atoms with van der Waals surface area (Å²) in [6.07, 6.45) is 0. The molecule has 0 heterocycles. The molecule has 4 nitrogen and oxygen atoms in total. The Kier molecular flexibility index (Phi) is 12.5. The van der Waals surface area contributed by atoms with Crippen molar-refractivity contribution in [3.05, 3.63) is 0 Å². The summed E-state index contributed by atoms with van der Waals surface area (Å²) in [5.74, 6) is 0. The van der Waals surface area contributed by atoms with E-state index in [1.54, 1.807) is 0 Å². The standard InChI is InChI=1S/Cu.In.H2O4Se/c;;1-5(2,3)4/h;;(H2,1,2,3,4)/q+2;+3;/p-2. The third kappa shape index (κ3) is 107. The van der Waals surface area contributed by atoms with Gasteiger partial charge in [0.05, 0.1) is 0 Å². The molecule has 0 aliphatic rings. The monoisotopic (exact) mass is 322 g/mol. The second-order valence-corrected chi connectivity index (χ2v) is 2.12. The van der Waals surface area contributed by atoms with E-state index >= 15 is 0 Å². The van der Waals surface area contributed by atoms with Crippen LogP contribution in [0.1, 0.15) is 0 Å². The quantitative estimate of drug-likeness (QED) is 0.436. The molecule has 0 bridgehead atoms. The molecule has 0 aliphatic heterocycles. The summed E-state index contributed by atoms with van der Waals surface area (Å²) in [6.45, 7) is 0. The van der Waals surface area contributed by atoms with Crippen molar-refractivity contribution in [2.75, 3.05) is 0 Å². The Morgan fingerprint density at radius 2 is 1.14 bits per heavy atom. The van der Waals surface area contributed by atoms with Crippen LogP contribution in [0.2, 0.25) is 0 Å².